The molecule has 2 aromatic heterocycles. The molecule has 0 saturated heterocycles. The van der Waals surface area contributed by atoms with Gasteiger partial charge in [-0.3, -0.25) is 4.79 Å². The van der Waals surface area contributed by atoms with E-state index < -0.39 is 11.9 Å². The van der Waals surface area contributed by atoms with Crippen LogP contribution in [0.1, 0.15) is 27.5 Å². The third-order valence-corrected chi connectivity index (χ3v) is 4.57. The highest BCUT2D eigenvalue weighted by molar-refractivity contribution is 5.93. The van der Waals surface area contributed by atoms with E-state index in [9.17, 15) is 18.0 Å². The van der Waals surface area contributed by atoms with Gasteiger partial charge in [0.25, 0.3) is 5.91 Å². The fourth-order valence-electron chi connectivity index (χ4n) is 2.96. The molecule has 0 fully saturated rings. The van der Waals surface area contributed by atoms with Crippen LogP contribution in [0, 0.1) is 6.92 Å². The van der Waals surface area contributed by atoms with Crippen LogP contribution in [-0.2, 0) is 12.7 Å². The lowest BCUT2D eigenvalue weighted by Gasteiger charge is -2.06. The molecule has 2 heterocycles. The third-order valence-electron chi connectivity index (χ3n) is 4.57. The molecule has 0 unspecified atom stereocenters. The quantitative estimate of drug-likeness (QED) is 0.498. The van der Waals surface area contributed by atoms with Crippen LogP contribution in [0.15, 0.2) is 71.3 Å². The first-order valence-corrected chi connectivity index (χ1v) is 9.34. The standard InChI is InChI=1S/C22H17F3N4O2/c1-14-19(27-21(31-14)16-5-3-2-4-6-16)20(30)26-13-15-7-9-17(10-8-15)29-12-11-18(28-29)22(23,24)25/h2-12H,13H2,1H3,(H,26,30). The second-order valence-electron chi connectivity index (χ2n) is 6.78. The summed E-state index contributed by atoms with van der Waals surface area (Å²) < 4.78 is 44.8. The fourth-order valence-corrected chi connectivity index (χ4v) is 2.96. The van der Waals surface area contributed by atoms with Crippen molar-refractivity contribution in [3.63, 3.8) is 0 Å². The first kappa shape index (κ1) is 20.4. The third kappa shape index (κ3) is 4.50. The smallest absolute Gasteiger partial charge is 0.435 e. The second kappa shape index (κ2) is 8.10. The van der Waals surface area contributed by atoms with Gasteiger partial charge in [-0.25, -0.2) is 9.67 Å². The van der Waals surface area contributed by atoms with E-state index in [0.717, 1.165) is 21.9 Å². The topological polar surface area (TPSA) is 73.0 Å². The highest BCUT2D eigenvalue weighted by atomic mass is 19.4. The van der Waals surface area contributed by atoms with Crippen molar-refractivity contribution in [3.05, 3.63) is 89.6 Å². The number of oxazole rings is 1. The number of aryl methyl sites for hydroxylation is 1. The molecule has 0 atom stereocenters. The number of nitrogens with one attached hydrogen (secondary N) is 1. The minimum atomic E-state index is -4.49. The van der Waals surface area contributed by atoms with Gasteiger partial charge in [0, 0.05) is 18.3 Å². The van der Waals surface area contributed by atoms with Crippen LogP contribution in [0.4, 0.5) is 13.2 Å². The number of rotatable bonds is 5. The average Bonchev–Trinajstić information content (AvgIpc) is 3.40. The van der Waals surface area contributed by atoms with Gasteiger partial charge in [0.1, 0.15) is 5.76 Å². The van der Waals surface area contributed by atoms with Crippen molar-refractivity contribution in [2.75, 3.05) is 0 Å². The molecule has 9 heteroatoms. The van der Waals surface area contributed by atoms with Crippen LogP contribution in [0.2, 0.25) is 0 Å². The maximum atomic E-state index is 12.7. The van der Waals surface area contributed by atoms with Gasteiger partial charge >= 0.3 is 6.18 Å². The van der Waals surface area contributed by atoms with Crippen LogP contribution < -0.4 is 5.32 Å². The van der Waals surface area contributed by atoms with E-state index in [1.807, 2.05) is 30.3 Å². The van der Waals surface area contributed by atoms with E-state index in [1.165, 1.54) is 6.20 Å². The molecule has 6 nitrogen and oxygen atoms in total. The SMILES string of the molecule is Cc1oc(-c2ccccc2)nc1C(=O)NCc1ccc(-n2ccc(C(F)(F)F)n2)cc1. The molecular formula is C22H17F3N4O2. The van der Waals surface area contributed by atoms with Crippen molar-refractivity contribution in [1.82, 2.24) is 20.1 Å². The predicted octanol–water partition coefficient (Wildman–Crippen LogP) is 4.78. The number of hydrogen-bond donors (Lipinski definition) is 1. The monoisotopic (exact) mass is 426 g/mol. The first-order chi connectivity index (χ1) is 14.8. The molecule has 0 spiro atoms. The number of benzene rings is 2. The lowest BCUT2D eigenvalue weighted by atomic mass is 10.2. The van der Waals surface area contributed by atoms with Gasteiger partial charge in [0.05, 0.1) is 5.69 Å². The molecule has 1 N–H and O–H groups in total. The molecule has 0 aliphatic heterocycles. The van der Waals surface area contributed by atoms with Crippen LogP contribution in [0.25, 0.3) is 17.1 Å². The van der Waals surface area contributed by atoms with Gasteiger partial charge < -0.3 is 9.73 Å². The molecule has 0 saturated carbocycles. The van der Waals surface area contributed by atoms with E-state index >= 15 is 0 Å². The van der Waals surface area contributed by atoms with E-state index in [2.05, 4.69) is 15.4 Å². The summed E-state index contributed by atoms with van der Waals surface area (Å²) in [5, 5.41) is 6.31. The van der Waals surface area contributed by atoms with E-state index in [4.69, 9.17) is 4.42 Å². The normalized spacial score (nSPS) is 11.5. The average molecular weight is 426 g/mol. The van der Waals surface area contributed by atoms with Gasteiger partial charge in [-0.2, -0.15) is 18.3 Å². The number of nitrogens with zero attached hydrogens (tertiary/aromatic N) is 3. The van der Waals surface area contributed by atoms with E-state index in [-0.39, 0.29) is 18.1 Å². The summed E-state index contributed by atoms with van der Waals surface area (Å²) in [7, 11) is 0. The van der Waals surface area contributed by atoms with E-state index in [0.29, 0.717) is 17.3 Å². The minimum Gasteiger partial charge on any atom is -0.441 e. The Bertz CT molecular complexity index is 1200. The molecule has 4 rings (SSSR count). The molecule has 0 aliphatic carbocycles. The zero-order chi connectivity index (χ0) is 22.0. The zero-order valence-corrected chi connectivity index (χ0v) is 16.3. The van der Waals surface area contributed by atoms with Crippen molar-refractivity contribution < 1.29 is 22.4 Å². The summed E-state index contributed by atoms with van der Waals surface area (Å²) in [6.45, 7) is 1.89. The van der Waals surface area contributed by atoms with Gasteiger partial charge in [-0.15, -0.1) is 0 Å². The summed E-state index contributed by atoms with van der Waals surface area (Å²) in [6.07, 6.45) is -3.24. The number of halogens is 3. The summed E-state index contributed by atoms with van der Waals surface area (Å²) in [5.74, 6) is 0.394. The Morgan fingerprint density at radius 2 is 1.77 bits per heavy atom. The largest absolute Gasteiger partial charge is 0.441 e. The Morgan fingerprint density at radius 1 is 1.06 bits per heavy atom. The fraction of sp³-hybridized carbons (Fsp3) is 0.136. The molecule has 2 aromatic carbocycles. The van der Waals surface area contributed by atoms with Crippen LogP contribution >= 0.6 is 0 Å². The number of carbonyl (C=O) groups is 1. The molecular weight excluding hydrogens is 409 g/mol. The predicted molar refractivity (Wildman–Crippen MR) is 106 cm³/mol. The van der Waals surface area contributed by atoms with Crippen LogP contribution in [0.3, 0.4) is 0 Å². The summed E-state index contributed by atoms with van der Waals surface area (Å²) in [5.41, 5.74) is 1.26. The molecule has 0 bridgehead atoms. The summed E-state index contributed by atoms with van der Waals surface area (Å²) in [6, 6.07) is 16.8. The lowest BCUT2D eigenvalue weighted by molar-refractivity contribution is -0.141. The summed E-state index contributed by atoms with van der Waals surface area (Å²) >= 11 is 0. The highest BCUT2D eigenvalue weighted by Gasteiger charge is 2.33. The summed E-state index contributed by atoms with van der Waals surface area (Å²) in [4.78, 5) is 16.8. The van der Waals surface area contributed by atoms with Gasteiger partial charge in [0.15, 0.2) is 11.4 Å². The van der Waals surface area contributed by atoms with Crippen molar-refractivity contribution in [2.45, 2.75) is 19.6 Å². The second-order valence-corrected chi connectivity index (χ2v) is 6.78. The molecule has 31 heavy (non-hydrogen) atoms. The maximum Gasteiger partial charge on any atom is 0.435 e. The first-order valence-electron chi connectivity index (χ1n) is 9.34. The van der Waals surface area contributed by atoms with Gasteiger partial charge in [-0.1, -0.05) is 30.3 Å². The van der Waals surface area contributed by atoms with E-state index in [1.54, 1.807) is 31.2 Å². The zero-order valence-electron chi connectivity index (χ0n) is 16.3. The van der Waals surface area contributed by atoms with Crippen molar-refractivity contribution in [2.24, 2.45) is 0 Å². The van der Waals surface area contributed by atoms with Crippen molar-refractivity contribution in [1.29, 1.82) is 0 Å². The Morgan fingerprint density at radius 3 is 2.42 bits per heavy atom. The number of aromatic nitrogens is 3. The molecule has 158 valence electrons. The Kier molecular flexibility index (Phi) is 5.33. The van der Waals surface area contributed by atoms with Crippen molar-refractivity contribution >= 4 is 5.91 Å². The maximum absolute atomic E-state index is 12.7. The van der Waals surface area contributed by atoms with Crippen molar-refractivity contribution in [3.8, 4) is 17.1 Å². The van der Waals surface area contributed by atoms with Crippen LogP contribution in [0.5, 0.6) is 0 Å². The lowest BCUT2D eigenvalue weighted by Crippen LogP contribution is -2.23. The molecule has 0 aliphatic rings. The van der Waals surface area contributed by atoms with Gasteiger partial charge in [-0.05, 0) is 42.8 Å². The highest BCUT2D eigenvalue weighted by Crippen LogP contribution is 2.28. The molecule has 4 aromatic rings. The molecule has 1 amide bonds. The Balaban J connectivity index is 1.41. The number of alkyl halides is 3. The van der Waals surface area contributed by atoms with Crippen LogP contribution in [-0.4, -0.2) is 20.7 Å². The molecule has 0 radical (unpaired) electrons. The number of hydrogen-bond acceptors (Lipinski definition) is 4. The number of amides is 1. The minimum absolute atomic E-state index is 0.201. The number of carbonyl (C=O) groups excluding carboxylic acids is 1. The Hall–Kier alpha value is -3.88. The Labute approximate surface area is 175 Å². The van der Waals surface area contributed by atoms with Gasteiger partial charge in [0.2, 0.25) is 5.89 Å².